The summed E-state index contributed by atoms with van der Waals surface area (Å²) in [5.41, 5.74) is 0.204. The lowest BCUT2D eigenvalue weighted by Gasteiger charge is -2.07. The van der Waals surface area contributed by atoms with Crippen molar-refractivity contribution in [2.45, 2.75) is 6.10 Å². The fourth-order valence-corrected chi connectivity index (χ4v) is 1.03. The number of carbonyl (C=O) groups is 2. The molecule has 0 saturated heterocycles. The first-order chi connectivity index (χ1) is 7.50. The van der Waals surface area contributed by atoms with E-state index in [1.807, 2.05) is 0 Å². The summed E-state index contributed by atoms with van der Waals surface area (Å²) in [5.74, 6) is -2.16. The van der Waals surface area contributed by atoms with E-state index >= 15 is 0 Å². The Kier molecular flexibility index (Phi) is 3.84. The Morgan fingerprint density at radius 3 is 2.19 bits per heavy atom. The molecule has 1 aromatic carbocycles. The Balaban J connectivity index is 2.67. The maximum Gasteiger partial charge on any atom is 0.341 e. The van der Waals surface area contributed by atoms with Gasteiger partial charge < -0.3 is 20.1 Å². The van der Waals surface area contributed by atoms with Gasteiger partial charge in [0.05, 0.1) is 0 Å². The van der Waals surface area contributed by atoms with Gasteiger partial charge in [-0.1, -0.05) is 12.1 Å². The van der Waals surface area contributed by atoms with Gasteiger partial charge in [0, 0.05) is 0 Å². The summed E-state index contributed by atoms with van der Waals surface area (Å²) in [4.78, 5) is 20.6. The number of rotatable bonds is 5. The monoisotopic (exact) mass is 226 g/mol. The van der Waals surface area contributed by atoms with E-state index in [0.717, 1.165) is 0 Å². The van der Waals surface area contributed by atoms with Gasteiger partial charge in [0.15, 0.2) is 12.7 Å². The van der Waals surface area contributed by atoms with E-state index in [2.05, 4.69) is 0 Å². The Morgan fingerprint density at radius 1 is 1.19 bits per heavy atom. The van der Waals surface area contributed by atoms with E-state index in [9.17, 15) is 14.7 Å². The second kappa shape index (κ2) is 5.13. The number of aliphatic hydroxyl groups is 1. The first kappa shape index (κ1) is 12.0. The highest BCUT2D eigenvalue weighted by Gasteiger charge is 2.15. The summed E-state index contributed by atoms with van der Waals surface area (Å²) in [6.07, 6.45) is -1.59. The molecule has 1 rings (SSSR count). The van der Waals surface area contributed by atoms with Crippen LogP contribution in [-0.2, 0) is 9.59 Å². The van der Waals surface area contributed by atoms with Crippen LogP contribution in [0.25, 0.3) is 0 Å². The van der Waals surface area contributed by atoms with Crippen LogP contribution in [0.2, 0.25) is 0 Å². The molecule has 0 saturated carbocycles. The molecule has 1 unspecified atom stereocenters. The maximum absolute atomic E-state index is 10.4. The minimum absolute atomic E-state index is 0.204. The molecule has 0 amide bonds. The molecule has 0 bridgehead atoms. The van der Waals surface area contributed by atoms with Crippen molar-refractivity contribution in [1.29, 1.82) is 0 Å². The molecule has 0 spiro atoms. The van der Waals surface area contributed by atoms with Gasteiger partial charge in [-0.2, -0.15) is 0 Å². The van der Waals surface area contributed by atoms with E-state index in [1.54, 1.807) is 0 Å². The van der Waals surface area contributed by atoms with Gasteiger partial charge in [-0.3, -0.25) is 0 Å². The van der Waals surface area contributed by atoms with Crippen LogP contribution < -0.4 is 4.74 Å². The summed E-state index contributed by atoms with van der Waals surface area (Å²) >= 11 is 0. The predicted molar refractivity (Wildman–Crippen MR) is 52.2 cm³/mol. The average molecular weight is 226 g/mol. The third-order valence-electron chi connectivity index (χ3n) is 1.79. The first-order valence-electron chi connectivity index (χ1n) is 4.36. The molecule has 6 heteroatoms. The molecule has 16 heavy (non-hydrogen) atoms. The molecule has 0 aliphatic rings. The summed E-state index contributed by atoms with van der Waals surface area (Å²) < 4.78 is 4.83. The minimum Gasteiger partial charge on any atom is -0.482 e. The topological polar surface area (TPSA) is 104 Å². The van der Waals surface area contributed by atoms with Crippen molar-refractivity contribution in [3.8, 4) is 5.75 Å². The highest BCUT2D eigenvalue weighted by atomic mass is 16.5. The third kappa shape index (κ3) is 3.25. The molecule has 86 valence electrons. The SMILES string of the molecule is O=C(O)COc1ccc(C(O)C(=O)O)cc1. The molecule has 6 nitrogen and oxygen atoms in total. The van der Waals surface area contributed by atoms with Crippen LogP contribution in [0.15, 0.2) is 24.3 Å². The zero-order chi connectivity index (χ0) is 12.1. The third-order valence-corrected chi connectivity index (χ3v) is 1.79. The lowest BCUT2D eigenvalue weighted by molar-refractivity contribution is -0.147. The van der Waals surface area contributed by atoms with Crippen molar-refractivity contribution in [2.24, 2.45) is 0 Å². The number of carboxylic acid groups (broad SMARTS) is 2. The zero-order valence-corrected chi connectivity index (χ0v) is 8.16. The van der Waals surface area contributed by atoms with Crippen molar-refractivity contribution >= 4 is 11.9 Å². The van der Waals surface area contributed by atoms with E-state index in [1.165, 1.54) is 24.3 Å². The fraction of sp³-hybridized carbons (Fsp3) is 0.200. The average Bonchev–Trinajstić information content (AvgIpc) is 2.26. The molecule has 0 aliphatic heterocycles. The number of hydrogen-bond acceptors (Lipinski definition) is 4. The number of aliphatic hydroxyl groups excluding tert-OH is 1. The second-order valence-corrected chi connectivity index (χ2v) is 2.99. The number of benzene rings is 1. The lowest BCUT2D eigenvalue weighted by Crippen LogP contribution is -2.11. The quantitative estimate of drug-likeness (QED) is 0.665. The van der Waals surface area contributed by atoms with E-state index in [0.29, 0.717) is 5.75 Å². The maximum atomic E-state index is 10.4. The molecular formula is C10H10O6. The van der Waals surface area contributed by atoms with Gasteiger partial charge in [-0.15, -0.1) is 0 Å². The molecule has 0 heterocycles. The Morgan fingerprint density at radius 2 is 1.75 bits per heavy atom. The van der Waals surface area contributed by atoms with Crippen molar-refractivity contribution in [3.63, 3.8) is 0 Å². The highest BCUT2D eigenvalue weighted by molar-refractivity contribution is 5.74. The van der Waals surface area contributed by atoms with Gasteiger partial charge in [-0.05, 0) is 17.7 Å². The summed E-state index contributed by atoms with van der Waals surface area (Å²) in [7, 11) is 0. The molecule has 1 atom stereocenters. The molecule has 0 radical (unpaired) electrons. The number of hydrogen-bond donors (Lipinski definition) is 3. The molecular weight excluding hydrogens is 216 g/mol. The Labute approximate surface area is 90.7 Å². The van der Waals surface area contributed by atoms with Crippen LogP contribution in [0, 0.1) is 0 Å². The van der Waals surface area contributed by atoms with Gasteiger partial charge >= 0.3 is 11.9 Å². The predicted octanol–water partition coefficient (Wildman–Crippen LogP) is 0.268. The Bertz CT molecular complexity index is 383. The molecule has 3 N–H and O–H groups in total. The summed E-state index contributed by atoms with van der Waals surface area (Å²) in [6.45, 7) is -0.471. The normalized spacial score (nSPS) is 11.8. The largest absolute Gasteiger partial charge is 0.482 e. The summed E-state index contributed by atoms with van der Waals surface area (Å²) in [6, 6.07) is 5.50. The van der Waals surface area contributed by atoms with Crippen LogP contribution in [0.4, 0.5) is 0 Å². The first-order valence-corrected chi connectivity index (χ1v) is 4.36. The van der Waals surface area contributed by atoms with E-state index in [-0.39, 0.29) is 5.56 Å². The summed E-state index contributed by atoms with van der Waals surface area (Å²) in [5, 5.41) is 26.0. The van der Waals surface area contributed by atoms with E-state index < -0.39 is 24.6 Å². The van der Waals surface area contributed by atoms with Gasteiger partial charge in [0.1, 0.15) is 5.75 Å². The van der Waals surface area contributed by atoms with Gasteiger partial charge in [0.25, 0.3) is 0 Å². The van der Waals surface area contributed by atoms with Crippen LogP contribution >= 0.6 is 0 Å². The molecule has 0 aromatic heterocycles. The van der Waals surface area contributed by atoms with Crippen LogP contribution in [0.3, 0.4) is 0 Å². The van der Waals surface area contributed by atoms with Crippen molar-refractivity contribution in [2.75, 3.05) is 6.61 Å². The second-order valence-electron chi connectivity index (χ2n) is 2.99. The smallest absolute Gasteiger partial charge is 0.341 e. The zero-order valence-electron chi connectivity index (χ0n) is 8.16. The van der Waals surface area contributed by atoms with Crippen LogP contribution in [0.5, 0.6) is 5.75 Å². The molecule has 1 aromatic rings. The molecule has 0 fully saturated rings. The standard InChI is InChI=1S/C10H10O6/c11-8(12)5-16-7-3-1-6(2-4-7)9(13)10(14)15/h1-4,9,13H,5H2,(H,11,12)(H,14,15). The number of aliphatic carboxylic acids is 2. The van der Waals surface area contributed by atoms with Gasteiger partial charge in [0.2, 0.25) is 0 Å². The van der Waals surface area contributed by atoms with Crippen LogP contribution in [0.1, 0.15) is 11.7 Å². The number of ether oxygens (including phenoxy) is 1. The highest BCUT2D eigenvalue weighted by Crippen LogP contribution is 2.17. The minimum atomic E-state index is -1.59. The van der Waals surface area contributed by atoms with Crippen molar-refractivity contribution in [3.05, 3.63) is 29.8 Å². The van der Waals surface area contributed by atoms with Crippen LogP contribution in [-0.4, -0.2) is 33.9 Å². The fourth-order valence-electron chi connectivity index (χ4n) is 1.03. The molecule has 0 aliphatic carbocycles. The number of carboxylic acids is 2. The van der Waals surface area contributed by atoms with Crippen molar-refractivity contribution in [1.82, 2.24) is 0 Å². The lowest BCUT2D eigenvalue weighted by atomic mass is 10.1. The Hall–Kier alpha value is -2.08. The van der Waals surface area contributed by atoms with Crippen molar-refractivity contribution < 1.29 is 29.6 Å². The van der Waals surface area contributed by atoms with E-state index in [4.69, 9.17) is 14.9 Å². The van der Waals surface area contributed by atoms with Gasteiger partial charge in [-0.25, -0.2) is 9.59 Å².